The minimum absolute atomic E-state index is 0.0121. The first-order valence-corrected chi connectivity index (χ1v) is 9.74. The molecule has 0 amide bonds. The van der Waals surface area contributed by atoms with E-state index < -0.39 is 22.5 Å². The van der Waals surface area contributed by atoms with Gasteiger partial charge in [-0.3, -0.25) is 10.1 Å². The van der Waals surface area contributed by atoms with Crippen LogP contribution in [-0.4, -0.2) is 27.5 Å². The number of benzene rings is 1. The highest BCUT2D eigenvalue weighted by Gasteiger charge is 2.34. The number of hydrogen-bond acceptors (Lipinski definition) is 7. The van der Waals surface area contributed by atoms with Crippen molar-refractivity contribution in [2.45, 2.75) is 44.4 Å². The Bertz CT molecular complexity index is 932. The molecule has 0 bridgehead atoms. The zero-order chi connectivity index (χ0) is 22.6. The molecule has 168 valence electrons. The van der Waals surface area contributed by atoms with Gasteiger partial charge in [-0.05, 0) is 37.7 Å². The predicted octanol–water partition coefficient (Wildman–Crippen LogP) is 4.08. The third-order valence-corrected chi connectivity index (χ3v) is 5.24. The highest BCUT2D eigenvalue weighted by atomic mass is 19.4. The summed E-state index contributed by atoms with van der Waals surface area (Å²) in [4.78, 5) is 18.5. The average Bonchev–Trinajstić information content (AvgIpc) is 2.71. The van der Waals surface area contributed by atoms with Gasteiger partial charge in [0.25, 0.3) is 0 Å². The van der Waals surface area contributed by atoms with Gasteiger partial charge in [-0.15, -0.1) is 0 Å². The van der Waals surface area contributed by atoms with Gasteiger partial charge in [-0.1, -0.05) is 12.1 Å². The van der Waals surface area contributed by atoms with Crippen LogP contribution < -0.4 is 16.4 Å². The Hall–Kier alpha value is -3.02. The number of nitro groups is 1. The molecule has 1 aliphatic carbocycles. The first-order chi connectivity index (χ1) is 14.6. The third-order valence-electron chi connectivity index (χ3n) is 5.24. The van der Waals surface area contributed by atoms with Gasteiger partial charge in [0.2, 0.25) is 11.8 Å². The third kappa shape index (κ3) is 5.78. The van der Waals surface area contributed by atoms with Gasteiger partial charge in [0.15, 0.2) is 0 Å². The molecule has 1 saturated carbocycles. The van der Waals surface area contributed by atoms with E-state index in [0.29, 0.717) is 18.5 Å². The Labute approximate surface area is 175 Å². The van der Waals surface area contributed by atoms with Crippen LogP contribution in [0.1, 0.15) is 36.8 Å². The minimum Gasteiger partial charge on any atom is -0.364 e. The van der Waals surface area contributed by atoms with E-state index in [1.807, 2.05) is 0 Å². The monoisotopic (exact) mass is 442 g/mol. The molecule has 1 aliphatic rings. The second kappa shape index (κ2) is 9.41. The summed E-state index contributed by atoms with van der Waals surface area (Å²) in [6.45, 7) is 0.139. The van der Waals surface area contributed by atoms with Crippen LogP contribution in [0, 0.1) is 21.8 Å². The van der Waals surface area contributed by atoms with E-state index in [2.05, 4.69) is 20.6 Å². The highest BCUT2D eigenvalue weighted by molar-refractivity contribution is 5.57. The number of nitrogens with zero attached hydrogens (tertiary/aromatic N) is 3. The summed E-state index contributed by atoms with van der Waals surface area (Å²) < 4.78 is 52.7. The molecule has 0 radical (unpaired) electrons. The van der Waals surface area contributed by atoms with Gasteiger partial charge in [-0.25, -0.2) is 9.37 Å². The number of halogens is 4. The molecule has 0 unspecified atom stereocenters. The molecule has 3 rings (SSSR count). The van der Waals surface area contributed by atoms with E-state index >= 15 is 0 Å². The molecular weight excluding hydrogens is 420 g/mol. The minimum atomic E-state index is -4.82. The number of hydrogen-bond donors (Lipinski definition) is 3. The van der Waals surface area contributed by atoms with Gasteiger partial charge >= 0.3 is 11.9 Å². The quantitative estimate of drug-likeness (QED) is 0.336. The molecule has 0 saturated heterocycles. The van der Waals surface area contributed by atoms with Crippen molar-refractivity contribution in [1.82, 2.24) is 9.97 Å². The molecule has 0 atom stereocenters. The van der Waals surface area contributed by atoms with E-state index in [-0.39, 0.29) is 35.6 Å². The van der Waals surface area contributed by atoms with Gasteiger partial charge in [0.05, 0.1) is 10.5 Å². The fourth-order valence-corrected chi connectivity index (χ4v) is 3.47. The van der Waals surface area contributed by atoms with Crippen molar-refractivity contribution >= 4 is 17.5 Å². The van der Waals surface area contributed by atoms with Crippen LogP contribution in [0.2, 0.25) is 0 Å². The zero-order valence-corrected chi connectivity index (χ0v) is 16.5. The van der Waals surface area contributed by atoms with Gasteiger partial charge in [-0.2, -0.15) is 18.2 Å². The van der Waals surface area contributed by atoms with Crippen LogP contribution in [0.3, 0.4) is 0 Å². The van der Waals surface area contributed by atoms with Crippen LogP contribution >= 0.6 is 0 Å². The summed E-state index contributed by atoms with van der Waals surface area (Å²) in [6, 6.07) is 3.14. The van der Waals surface area contributed by atoms with Crippen LogP contribution in [-0.2, 0) is 12.7 Å². The summed E-state index contributed by atoms with van der Waals surface area (Å²) >= 11 is 0. The van der Waals surface area contributed by atoms with Crippen LogP contribution in [0.4, 0.5) is 35.0 Å². The van der Waals surface area contributed by atoms with Crippen molar-refractivity contribution < 1.29 is 22.5 Å². The maximum absolute atomic E-state index is 14.2. The number of alkyl halides is 3. The van der Waals surface area contributed by atoms with E-state index in [1.165, 1.54) is 6.07 Å². The maximum Gasteiger partial charge on any atom is 0.419 e. The average molecular weight is 442 g/mol. The summed E-state index contributed by atoms with van der Waals surface area (Å²) in [5, 5.41) is 16.9. The summed E-state index contributed by atoms with van der Waals surface area (Å²) in [6.07, 6.45) is -0.262. The molecule has 0 aliphatic heterocycles. The standard InChI is InChI=1S/C19H22F4N6O2/c20-16-12(2-1-3-14(16)19(21,22)23)9-26-18-27-10-15(29(30)31)17(28-18)25-8-11-4-6-13(24)7-5-11/h1-3,10-11,13H,4-9,24H2,(H2,25,26,27,28). The van der Waals surface area contributed by atoms with Crippen molar-refractivity contribution in [3.05, 3.63) is 51.5 Å². The Morgan fingerprint density at radius 3 is 2.55 bits per heavy atom. The van der Waals surface area contributed by atoms with E-state index in [0.717, 1.165) is 37.9 Å². The van der Waals surface area contributed by atoms with Crippen molar-refractivity contribution in [2.24, 2.45) is 11.7 Å². The lowest BCUT2D eigenvalue weighted by molar-refractivity contribution is -0.384. The first-order valence-electron chi connectivity index (χ1n) is 9.74. The second-order valence-corrected chi connectivity index (χ2v) is 7.48. The normalized spacial score (nSPS) is 19.1. The van der Waals surface area contributed by atoms with Crippen molar-refractivity contribution in [3.63, 3.8) is 0 Å². The zero-order valence-electron chi connectivity index (χ0n) is 16.5. The van der Waals surface area contributed by atoms with Gasteiger partial charge in [0.1, 0.15) is 12.0 Å². The van der Waals surface area contributed by atoms with Crippen molar-refractivity contribution in [2.75, 3.05) is 17.2 Å². The number of anilines is 2. The molecule has 4 N–H and O–H groups in total. The molecule has 8 nitrogen and oxygen atoms in total. The van der Waals surface area contributed by atoms with Crippen molar-refractivity contribution in [3.8, 4) is 0 Å². The lowest BCUT2D eigenvalue weighted by atomic mass is 9.86. The van der Waals surface area contributed by atoms with E-state index in [4.69, 9.17) is 5.73 Å². The Balaban J connectivity index is 1.71. The summed E-state index contributed by atoms with van der Waals surface area (Å²) in [5.41, 5.74) is 3.95. The van der Waals surface area contributed by atoms with Gasteiger partial charge < -0.3 is 16.4 Å². The number of nitrogens with one attached hydrogen (secondary N) is 2. The number of aromatic nitrogens is 2. The number of rotatable bonds is 7. The van der Waals surface area contributed by atoms with Crippen LogP contribution in [0.25, 0.3) is 0 Å². The molecule has 0 spiro atoms. The fraction of sp³-hybridized carbons (Fsp3) is 0.474. The fourth-order valence-electron chi connectivity index (χ4n) is 3.47. The van der Waals surface area contributed by atoms with Crippen LogP contribution in [0.15, 0.2) is 24.4 Å². The lowest BCUT2D eigenvalue weighted by Gasteiger charge is -2.26. The Kier molecular flexibility index (Phi) is 6.88. The number of nitrogens with two attached hydrogens (primary N) is 1. The molecular formula is C19H22F4N6O2. The Morgan fingerprint density at radius 1 is 1.19 bits per heavy atom. The topological polar surface area (TPSA) is 119 Å². The van der Waals surface area contributed by atoms with Gasteiger partial charge in [0, 0.05) is 24.7 Å². The Morgan fingerprint density at radius 2 is 1.90 bits per heavy atom. The summed E-state index contributed by atoms with van der Waals surface area (Å²) in [7, 11) is 0. The van der Waals surface area contributed by atoms with E-state index in [9.17, 15) is 27.7 Å². The molecule has 1 aromatic carbocycles. The second-order valence-electron chi connectivity index (χ2n) is 7.48. The molecule has 31 heavy (non-hydrogen) atoms. The molecule has 1 aromatic heterocycles. The molecule has 1 heterocycles. The van der Waals surface area contributed by atoms with Crippen molar-refractivity contribution in [1.29, 1.82) is 0 Å². The van der Waals surface area contributed by atoms with Crippen LogP contribution in [0.5, 0.6) is 0 Å². The first kappa shape index (κ1) is 22.7. The lowest BCUT2D eigenvalue weighted by Crippen LogP contribution is -2.29. The SMILES string of the molecule is NC1CCC(CNc2nc(NCc3cccc(C(F)(F)F)c3F)ncc2[N+](=O)[O-])CC1. The smallest absolute Gasteiger partial charge is 0.364 e. The van der Waals surface area contributed by atoms with E-state index in [1.54, 1.807) is 0 Å². The summed E-state index contributed by atoms with van der Waals surface area (Å²) in [5.74, 6) is -1.18. The molecule has 12 heteroatoms. The highest BCUT2D eigenvalue weighted by Crippen LogP contribution is 2.32. The largest absolute Gasteiger partial charge is 0.419 e. The molecule has 2 aromatic rings. The molecule has 1 fully saturated rings. The predicted molar refractivity (Wildman–Crippen MR) is 106 cm³/mol. The maximum atomic E-state index is 14.2.